The summed E-state index contributed by atoms with van der Waals surface area (Å²) >= 11 is 0. The molecule has 1 N–H and O–H groups in total. The Morgan fingerprint density at radius 1 is 1.21 bits per heavy atom. The van der Waals surface area contributed by atoms with Crippen molar-refractivity contribution in [2.45, 2.75) is 89.5 Å². The molecule has 3 nitrogen and oxygen atoms in total. The van der Waals surface area contributed by atoms with Gasteiger partial charge >= 0.3 is 0 Å². The molecule has 28 heavy (non-hydrogen) atoms. The van der Waals surface area contributed by atoms with Crippen LogP contribution in [0.2, 0.25) is 0 Å². The molecule has 4 rings (SSSR count). The molecule has 0 radical (unpaired) electrons. The second-order valence-corrected chi connectivity index (χ2v) is 10.3. The number of ketones is 1. The van der Waals surface area contributed by atoms with Gasteiger partial charge in [-0.25, -0.2) is 0 Å². The van der Waals surface area contributed by atoms with Crippen LogP contribution >= 0.6 is 0 Å². The number of nitrogens with zero attached hydrogens (tertiary/aromatic N) is 1. The maximum atomic E-state index is 12.7. The van der Waals surface area contributed by atoms with Crippen LogP contribution in [-0.2, 0) is 16.6 Å². The van der Waals surface area contributed by atoms with E-state index in [1.54, 1.807) is 0 Å². The minimum absolute atomic E-state index is 0.0161. The van der Waals surface area contributed by atoms with E-state index in [1.165, 1.54) is 36.8 Å². The second kappa shape index (κ2) is 7.48. The molecule has 154 valence electrons. The summed E-state index contributed by atoms with van der Waals surface area (Å²) < 4.78 is 0. The zero-order valence-corrected chi connectivity index (χ0v) is 18.0. The SMILES string of the molecule is CN1CC[C@]2(C)c3cc(O)ccc3C[C@H]1C2(C)CCC(=O)CCC1CCCC1. The Bertz CT molecular complexity index is 738. The predicted molar refractivity (Wildman–Crippen MR) is 114 cm³/mol. The van der Waals surface area contributed by atoms with Gasteiger partial charge in [0.2, 0.25) is 0 Å². The average Bonchev–Trinajstić information content (AvgIpc) is 3.19. The number of hydrogen-bond acceptors (Lipinski definition) is 3. The number of aromatic hydroxyl groups is 1. The molecule has 1 aromatic carbocycles. The van der Waals surface area contributed by atoms with E-state index in [0.29, 0.717) is 24.0 Å². The number of benzene rings is 1. The number of phenolic OH excluding ortho intramolecular Hbond substituents is 1. The van der Waals surface area contributed by atoms with Crippen molar-refractivity contribution in [3.05, 3.63) is 29.3 Å². The molecule has 1 heterocycles. The summed E-state index contributed by atoms with van der Waals surface area (Å²) in [5.41, 5.74) is 2.77. The summed E-state index contributed by atoms with van der Waals surface area (Å²) in [6.07, 6.45) is 11.0. The second-order valence-electron chi connectivity index (χ2n) is 10.3. The van der Waals surface area contributed by atoms with Crippen LogP contribution in [0.5, 0.6) is 5.75 Å². The fourth-order valence-corrected chi connectivity index (χ4v) is 6.61. The zero-order chi connectivity index (χ0) is 19.9. The van der Waals surface area contributed by atoms with Gasteiger partial charge in [-0.1, -0.05) is 45.6 Å². The van der Waals surface area contributed by atoms with Gasteiger partial charge in [0, 0.05) is 24.3 Å². The lowest BCUT2D eigenvalue weighted by Crippen LogP contribution is -2.64. The number of hydrogen-bond donors (Lipinski definition) is 1. The Morgan fingerprint density at radius 2 is 1.96 bits per heavy atom. The van der Waals surface area contributed by atoms with Gasteiger partial charge in [0.15, 0.2) is 0 Å². The van der Waals surface area contributed by atoms with Crippen molar-refractivity contribution in [1.29, 1.82) is 0 Å². The Morgan fingerprint density at radius 3 is 2.71 bits per heavy atom. The summed E-state index contributed by atoms with van der Waals surface area (Å²) in [4.78, 5) is 15.3. The highest BCUT2D eigenvalue weighted by molar-refractivity contribution is 5.78. The molecule has 3 heteroatoms. The Kier molecular flexibility index (Phi) is 5.33. The third-order valence-corrected chi connectivity index (χ3v) is 8.82. The minimum Gasteiger partial charge on any atom is -0.508 e. The zero-order valence-electron chi connectivity index (χ0n) is 18.0. The van der Waals surface area contributed by atoms with Crippen LogP contribution in [0.1, 0.15) is 82.8 Å². The van der Waals surface area contributed by atoms with Gasteiger partial charge in [0.25, 0.3) is 0 Å². The van der Waals surface area contributed by atoms with Crippen molar-refractivity contribution in [3.8, 4) is 5.75 Å². The summed E-state index contributed by atoms with van der Waals surface area (Å²) in [5.74, 6) is 1.62. The van der Waals surface area contributed by atoms with E-state index in [4.69, 9.17) is 0 Å². The molecule has 1 saturated heterocycles. The van der Waals surface area contributed by atoms with Crippen molar-refractivity contribution in [3.63, 3.8) is 0 Å². The largest absolute Gasteiger partial charge is 0.508 e. The fourth-order valence-electron chi connectivity index (χ4n) is 6.61. The molecule has 0 spiro atoms. The Hall–Kier alpha value is -1.35. The van der Waals surface area contributed by atoms with Crippen LogP contribution in [0.25, 0.3) is 0 Å². The molecule has 3 aliphatic rings. The number of fused-ring (bicyclic) bond motifs is 4. The van der Waals surface area contributed by atoms with E-state index in [0.717, 1.165) is 44.6 Å². The fraction of sp³-hybridized carbons (Fsp3) is 0.720. The normalized spacial score (nSPS) is 33.0. The van der Waals surface area contributed by atoms with Crippen LogP contribution in [0, 0.1) is 11.3 Å². The number of piperidine rings is 1. The van der Waals surface area contributed by atoms with Gasteiger partial charge in [-0.15, -0.1) is 0 Å². The number of phenols is 1. The summed E-state index contributed by atoms with van der Waals surface area (Å²) in [6, 6.07) is 6.40. The van der Waals surface area contributed by atoms with Gasteiger partial charge in [0.05, 0.1) is 0 Å². The first-order chi connectivity index (χ1) is 13.3. The number of carbonyl (C=O) groups is 1. The Labute approximate surface area is 170 Å². The summed E-state index contributed by atoms with van der Waals surface area (Å²) in [6.45, 7) is 5.87. The van der Waals surface area contributed by atoms with Crippen molar-refractivity contribution < 1.29 is 9.90 Å². The van der Waals surface area contributed by atoms with Gasteiger partial charge < -0.3 is 10.0 Å². The third-order valence-electron chi connectivity index (χ3n) is 8.82. The third kappa shape index (κ3) is 3.30. The first-order valence-corrected chi connectivity index (χ1v) is 11.4. The van der Waals surface area contributed by atoms with E-state index in [1.807, 2.05) is 12.1 Å². The first-order valence-electron chi connectivity index (χ1n) is 11.4. The molecular formula is C25H37NO2. The number of Topliss-reactive ketones (excluding diaryl/α,β-unsaturated/α-hetero) is 1. The highest BCUT2D eigenvalue weighted by atomic mass is 16.3. The molecule has 1 saturated carbocycles. The smallest absolute Gasteiger partial charge is 0.132 e. The first kappa shape index (κ1) is 19.9. The molecule has 1 aromatic rings. The van der Waals surface area contributed by atoms with Gasteiger partial charge in [-0.05, 0) is 73.9 Å². The van der Waals surface area contributed by atoms with Crippen LogP contribution in [0.3, 0.4) is 0 Å². The van der Waals surface area contributed by atoms with Gasteiger partial charge in [-0.3, -0.25) is 4.79 Å². The number of likely N-dealkylation sites (N-methyl/N-ethyl adjacent to an activating group) is 1. The number of likely N-dealkylation sites (tertiary alicyclic amines) is 1. The maximum absolute atomic E-state index is 12.7. The molecule has 3 atom stereocenters. The van der Waals surface area contributed by atoms with Gasteiger partial charge in [0.1, 0.15) is 11.5 Å². The standard InChI is InChI=1S/C25H37NO2/c1-24-14-15-26(3)23(16-19-9-11-21(28)17-22(19)24)25(24,2)13-12-20(27)10-8-18-6-4-5-7-18/h9,11,17-18,23,28H,4-8,10,12-16H2,1-3H3/t23-,24+,25?/m0/s1. The molecule has 2 aliphatic carbocycles. The van der Waals surface area contributed by atoms with E-state index in [-0.39, 0.29) is 10.8 Å². The van der Waals surface area contributed by atoms with Gasteiger partial charge in [-0.2, -0.15) is 0 Å². The monoisotopic (exact) mass is 383 g/mol. The molecule has 2 fully saturated rings. The average molecular weight is 384 g/mol. The van der Waals surface area contributed by atoms with Crippen molar-refractivity contribution in [1.82, 2.24) is 4.90 Å². The van der Waals surface area contributed by atoms with Crippen molar-refractivity contribution in [2.24, 2.45) is 11.3 Å². The van der Waals surface area contributed by atoms with Crippen LogP contribution in [0.15, 0.2) is 18.2 Å². The lowest BCUT2D eigenvalue weighted by molar-refractivity contribution is -0.121. The predicted octanol–water partition coefficient (Wildman–Crippen LogP) is 5.24. The highest BCUT2D eigenvalue weighted by Gasteiger charge is 2.57. The van der Waals surface area contributed by atoms with Crippen LogP contribution < -0.4 is 0 Å². The van der Waals surface area contributed by atoms with Crippen LogP contribution in [0.4, 0.5) is 0 Å². The highest BCUT2D eigenvalue weighted by Crippen LogP contribution is 2.58. The van der Waals surface area contributed by atoms with E-state index in [9.17, 15) is 9.90 Å². The van der Waals surface area contributed by atoms with E-state index in [2.05, 4.69) is 31.9 Å². The van der Waals surface area contributed by atoms with E-state index < -0.39 is 0 Å². The molecule has 1 unspecified atom stereocenters. The molecule has 0 aromatic heterocycles. The number of carbonyl (C=O) groups excluding carboxylic acids is 1. The molecule has 2 bridgehead atoms. The quantitative estimate of drug-likeness (QED) is 0.731. The molecule has 1 aliphatic heterocycles. The van der Waals surface area contributed by atoms with Crippen LogP contribution in [-0.4, -0.2) is 35.4 Å². The summed E-state index contributed by atoms with van der Waals surface area (Å²) in [7, 11) is 2.25. The molecule has 0 amide bonds. The van der Waals surface area contributed by atoms with Crippen molar-refractivity contribution in [2.75, 3.05) is 13.6 Å². The lowest BCUT2D eigenvalue weighted by atomic mass is 9.49. The molecular weight excluding hydrogens is 346 g/mol. The topological polar surface area (TPSA) is 40.5 Å². The minimum atomic E-state index is 0.0161. The van der Waals surface area contributed by atoms with Crippen molar-refractivity contribution >= 4 is 5.78 Å². The maximum Gasteiger partial charge on any atom is 0.132 e. The number of rotatable bonds is 6. The Balaban J connectivity index is 1.52. The lowest BCUT2D eigenvalue weighted by Gasteiger charge is -2.62. The van der Waals surface area contributed by atoms with E-state index >= 15 is 0 Å². The summed E-state index contributed by atoms with van der Waals surface area (Å²) in [5, 5.41) is 10.1.